The summed E-state index contributed by atoms with van der Waals surface area (Å²) in [6.45, 7) is 3.48. The van der Waals surface area contributed by atoms with Crippen LogP contribution in [0.2, 0.25) is 0 Å². The van der Waals surface area contributed by atoms with E-state index in [1.165, 1.54) is 7.05 Å². The van der Waals surface area contributed by atoms with Crippen molar-refractivity contribution in [2.45, 2.75) is 33.1 Å². The van der Waals surface area contributed by atoms with Gasteiger partial charge in [-0.2, -0.15) is 0 Å². The van der Waals surface area contributed by atoms with E-state index in [0.29, 0.717) is 17.4 Å². The first kappa shape index (κ1) is 19.4. The lowest BCUT2D eigenvalue weighted by atomic mass is 9.96. The number of esters is 1. The van der Waals surface area contributed by atoms with Crippen molar-refractivity contribution in [3.8, 4) is 0 Å². The molecule has 0 radical (unpaired) electrons. The van der Waals surface area contributed by atoms with E-state index in [1.807, 2.05) is 31.2 Å². The number of aromatic nitrogens is 1. The molecule has 3 amide bonds. The summed E-state index contributed by atoms with van der Waals surface area (Å²) in [5.41, 5.74) is 2.86. The summed E-state index contributed by atoms with van der Waals surface area (Å²) >= 11 is 0. The normalized spacial score (nSPS) is 10.4. The molecule has 0 spiro atoms. The van der Waals surface area contributed by atoms with Crippen LogP contribution in [-0.2, 0) is 22.4 Å². The van der Waals surface area contributed by atoms with Crippen LogP contribution < -0.4 is 10.6 Å². The molecule has 2 rings (SSSR count). The van der Waals surface area contributed by atoms with Gasteiger partial charge in [-0.15, -0.1) is 0 Å². The molecule has 0 aliphatic rings. The number of nitrogens with one attached hydrogen (secondary N) is 2. The van der Waals surface area contributed by atoms with E-state index in [2.05, 4.69) is 22.5 Å². The number of rotatable bonds is 6. The van der Waals surface area contributed by atoms with Crippen molar-refractivity contribution in [3.05, 3.63) is 41.1 Å². The zero-order valence-corrected chi connectivity index (χ0v) is 15.2. The Morgan fingerprint density at radius 3 is 2.54 bits per heavy atom. The summed E-state index contributed by atoms with van der Waals surface area (Å²) in [6.07, 6.45) is 2.29. The third kappa shape index (κ3) is 4.36. The molecule has 138 valence electrons. The molecular formula is C19H23N3O4. The van der Waals surface area contributed by atoms with Gasteiger partial charge in [0, 0.05) is 18.1 Å². The van der Waals surface area contributed by atoms with Crippen molar-refractivity contribution >= 4 is 28.8 Å². The van der Waals surface area contributed by atoms with Crippen LogP contribution in [0.25, 0.3) is 10.9 Å². The number of pyridine rings is 1. The minimum Gasteiger partial charge on any atom is -0.452 e. The summed E-state index contributed by atoms with van der Waals surface area (Å²) in [5.74, 6) is -1.28. The van der Waals surface area contributed by atoms with Crippen molar-refractivity contribution in [1.29, 1.82) is 0 Å². The third-order valence-electron chi connectivity index (χ3n) is 3.94. The largest absolute Gasteiger partial charge is 0.452 e. The number of imide groups is 1. The van der Waals surface area contributed by atoms with Crippen LogP contribution in [0.5, 0.6) is 0 Å². The average molecular weight is 357 g/mol. The second-order valence-corrected chi connectivity index (χ2v) is 5.74. The molecule has 0 saturated carbocycles. The maximum Gasteiger partial charge on any atom is 0.339 e. The maximum absolute atomic E-state index is 12.7. The van der Waals surface area contributed by atoms with Gasteiger partial charge in [0.15, 0.2) is 6.61 Å². The topological polar surface area (TPSA) is 97.4 Å². The molecule has 2 aromatic rings. The van der Waals surface area contributed by atoms with Crippen molar-refractivity contribution < 1.29 is 19.1 Å². The first-order valence-corrected chi connectivity index (χ1v) is 8.60. The third-order valence-corrected chi connectivity index (χ3v) is 3.94. The Hall–Kier alpha value is -2.96. The van der Waals surface area contributed by atoms with Crippen molar-refractivity contribution in [2.75, 3.05) is 13.7 Å². The quantitative estimate of drug-likeness (QED) is 0.774. The Kier molecular flexibility index (Phi) is 6.66. The molecule has 0 fully saturated rings. The van der Waals surface area contributed by atoms with E-state index in [4.69, 9.17) is 4.74 Å². The van der Waals surface area contributed by atoms with Gasteiger partial charge in [0.2, 0.25) is 0 Å². The van der Waals surface area contributed by atoms with E-state index in [-0.39, 0.29) is 0 Å². The Bertz CT molecular complexity index is 833. The number of hydrogen-bond donors (Lipinski definition) is 2. The molecule has 7 heteroatoms. The van der Waals surface area contributed by atoms with Gasteiger partial charge in [0.25, 0.3) is 5.91 Å². The van der Waals surface area contributed by atoms with Gasteiger partial charge < -0.3 is 10.1 Å². The predicted octanol–water partition coefficient (Wildman–Crippen LogP) is 2.36. The van der Waals surface area contributed by atoms with E-state index in [9.17, 15) is 14.4 Å². The molecule has 1 heterocycles. The molecule has 0 aliphatic heterocycles. The lowest BCUT2D eigenvalue weighted by Gasteiger charge is -2.15. The molecule has 26 heavy (non-hydrogen) atoms. The summed E-state index contributed by atoms with van der Waals surface area (Å²) in [5, 5.41) is 5.01. The Morgan fingerprint density at radius 1 is 1.15 bits per heavy atom. The highest BCUT2D eigenvalue weighted by molar-refractivity contribution is 6.06. The minimum absolute atomic E-state index is 0.439. The summed E-state index contributed by atoms with van der Waals surface area (Å²) in [4.78, 5) is 40.2. The number of para-hydroxylation sites is 1. The number of benzene rings is 1. The molecule has 0 saturated heterocycles. The number of carbonyl (C=O) groups excluding carboxylic acids is 3. The minimum atomic E-state index is -0.692. The second-order valence-electron chi connectivity index (χ2n) is 5.74. The van der Waals surface area contributed by atoms with Crippen molar-refractivity contribution in [2.24, 2.45) is 0 Å². The highest BCUT2D eigenvalue weighted by atomic mass is 16.5. The molecule has 1 aromatic heterocycles. The fraction of sp³-hybridized carbons (Fsp3) is 0.368. The molecule has 0 atom stereocenters. The molecule has 2 N–H and O–H groups in total. The van der Waals surface area contributed by atoms with Crippen LogP contribution in [0.4, 0.5) is 4.79 Å². The van der Waals surface area contributed by atoms with Gasteiger partial charge in [-0.3, -0.25) is 15.1 Å². The molecule has 0 aliphatic carbocycles. The van der Waals surface area contributed by atoms with E-state index in [1.54, 1.807) is 0 Å². The molecule has 7 nitrogen and oxygen atoms in total. The number of amides is 3. The first-order chi connectivity index (χ1) is 12.5. The first-order valence-electron chi connectivity index (χ1n) is 8.60. The highest BCUT2D eigenvalue weighted by Gasteiger charge is 2.21. The summed E-state index contributed by atoms with van der Waals surface area (Å²) < 4.78 is 5.16. The van der Waals surface area contributed by atoms with Gasteiger partial charge in [-0.1, -0.05) is 38.5 Å². The fourth-order valence-electron chi connectivity index (χ4n) is 2.79. The van der Waals surface area contributed by atoms with Crippen LogP contribution >= 0.6 is 0 Å². The number of aryl methyl sites for hydroxylation is 1. The number of urea groups is 1. The summed E-state index contributed by atoms with van der Waals surface area (Å²) in [6, 6.07) is 6.71. The Labute approximate surface area is 152 Å². The van der Waals surface area contributed by atoms with Gasteiger partial charge in [0.1, 0.15) is 0 Å². The molecule has 0 bridgehead atoms. The van der Waals surface area contributed by atoms with Crippen LogP contribution in [-0.4, -0.2) is 36.5 Å². The van der Waals surface area contributed by atoms with E-state index in [0.717, 1.165) is 29.6 Å². The average Bonchev–Trinajstić information content (AvgIpc) is 2.65. The standard InChI is InChI=1S/C19H23N3O4/c1-4-8-14-12(5-2)17(13-9-6-7-10-15(13)21-14)18(24)26-11-16(23)22-19(25)20-3/h6-7,9-10H,4-5,8,11H2,1-3H3,(H2,20,22,23,25). The maximum atomic E-state index is 12.7. The van der Waals surface area contributed by atoms with Gasteiger partial charge in [-0.05, 0) is 24.5 Å². The molecule has 0 unspecified atom stereocenters. The van der Waals surface area contributed by atoms with Crippen molar-refractivity contribution in [3.63, 3.8) is 0 Å². The summed E-state index contributed by atoms with van der Waals surface area (Å²) in [7, 11) is 1.39. The molecular weight excluding hydrogens is 334 g/mol. The number of ether oxygens (including phenoxy) is 1. The lowest BCUT2D eigenvalue weighted by Crippen LogP contribution is -2.39. The van der Waals surface area contributed by atoms with Gasteiger partial charge >= 0.3 is 12.0 Å². The Morgan fingerprint density at radius 2 is 1.88 bits per heavy atom. The van der Waals surface area contributed by atoms with E-state index < -0.39 is 24.5 Å². The Balaban J connectivity index is 2.35. The number of hydrogen-bond acceptors (Lipinski definition) is 5. The molecule has 1 aromatic carbocycles. The second kappa shape index (κ2) is 8.94. The van der Waals surface area contributed by atoms with Crippen LogP contribution in [0.15, 0.2) is 24.3 Å². The van der Waals surface area contributed by atoms with Crippen LogP contribution in [0.1, 0.15) is 41.9 Å². The number of fused-ring (bicyclic) bond motifs is 1. The number of carbonyl (C=O) groups is 3. The predicted molar refractivity (Wildman–Crippen MR) is 98.0 cm³/mol. The van der Waals surface area contributed by atoms with Gasteiger partial charge in [0.05, 0.1) is 11.1 Å². The zero-order valence-electron chi connectivity index (χ0n) is 15.2. The van der Waals surface area contributed by atoms with Gasteiger partial charge in [-0.25, -0.2) is 9.59 Å². The fourth-order valence-corrected chi connectivity index (χ4v) is 2.79. The SMILES string of the molecule is CCCc1nc2ccccc2c(C(=O)OCC(=O)NC(=O)NC)c1CC. The monoisotopic (exact) mass is 357 g/mol. The van der Waals surface area contributed by atoms with Crippen LogP contribution in [0.3, 0.4) is 0 Å². The zero-order chi connectivity index (χ0) is 19.1. The van der Waals surface area contributed by atoms with Crippen LogP contribution in [0, 0.1) is 0 Å². The highest BCUT2D eigenvalue weighted by Crippen LogP contribution is 2.26. The van der Waals surface area contributed by atoms with E-state index >= 15 is 0 Å². The smallest absolute Gasteiger partial charge is 0.339 e. The number of nitrogens with zero attached hydrogens (tertiary/aromatic N) is 1. The lowest BCUT2D eigenvalue weighted by molar-refractivity contribution is -0.123. The van der Waals surface area contributed by atoms with Crippen molar-refractivity contribution in [1.82, 2.24) is 15.6 Å².